The highest BCUT2D eigenvalue weighted by atomic mass is 35.5. The third kappa shape index (κ3) is 8.00. The van der Waals surface area contributed by atoms with Gasteiger partial charge in [-0.3, -0.25) is 9.59 Å². The summed E-state index contributed by atoms with van der Waals surface area (Å²) < 4.78 is 16.1. The third-order valence-corrected chi connectivity index (χ3v) is 5.89. The zero-order valence-corrected chi connectivity index (χ0v) is 21.2. The van der Waals surface area contributed by atoms with E-state index in [1.807, 2.05) is 54.6 Å². The van der Waals surface area contributed by atoms with Crippen molar-refractivity contribution in [2.24, 2.45) is 0 Å². The summed E-state index contributed by atoms with van der Waals surface area (Å²) in [5.41, 5.74) is 1.79. The number of hydrogen-bond donors (Lipinski definition) is 1. The Balaban J connectivity index is 1.89. The Hall–Kier alpha value is -3.55. The van der Waals surface area contributed by atoms with Gasteiger partial charge in [0.1, 0.15) is 17.5 Å². The number of nitrogens with zero attached hydrogens (tertiary/aromatic N) is 1. The molecule has 1 atom stereocenters. The second-order valence-corrected chi connectivity index (χ2v) is 8.49. The summed E-state index contributed by atoms with van der Waals surface area (Å²) in [5.74, 6) is 0.502. The monoisotopic (exact) mass is 510 g/mol. The van der Waals surface area contributed by atoms with Gasteiger partial charge in [-0.15, -0.1) is 0 Å². The molecule has 0 heterocycles. The molecule has 1 N–H and O–H groups in total. The number of ether oxygens (including phenoxy) is 3. The smallest absolute Gasteiger partial charge is 0.261 e. The normalized spacial score (nSPS) is 11.4. The number of benzene rings is 3. The maximum absolute atomic E-state index is 13.5. The molecule has 8 heteroatoms. The number of halogens is 1. The van der Waals surface area contributed by atoms with Gasteiger partial charge >= 0.3 is 0 Å². The Labute approximate surface area is 216 Å². The van der Waals surface area contributed by atoms with E-state index in [-0.39, 0.29) is 25.0 Å². The van der Waals surface area contributed by atoms with Crippen molar-refractivity contribution in [3.05, 3.63) is 95.0 Å². The van der Waals surface area contributed by atoms with E-state index in [2.05, 4.69) is 5.32 Å². The highest BCUT2D eigenvalue weighted by Gasteiger charge is 2.30. The summed E-state index contributed by atoms with van der Waals surface area (Å²) >= 11 is 6.20. The molecule has 3 aromatic carbocycles. The molecule has 3 aromatic rings. The fourth-order valence-corrected chi connectivity index (χ4v) is 3.85. The Bertz CT molecular complexity index is 1110. The van der Waals surface area contributed by atoms with Crippen LogP contribution in [0.15, 0.2) is 78.9 Å². The first-order valence-electron chi connectivity index (χ1n) is 11.6. The Morgan fingerprint density at radius 3 is 2.28 bits per heavy atom. The zero-order valence-electron chi connectivity index (χ0n) is 20.5. The van der Waals surface area contributed by atoms with Gasteiger partial charge in [0.2, 0.25) is 5.91 Å². The lowest BCUT2D eigenvalue weighted by atomic mass is 10.0. The van der Waals surface area contributed by atoms with Crippen molar-refractivity contribution < 1.29 is 23.8 Å². The van der Waals surface area contributed by atoms with E-state index < -0.39 is 6.04 Å². The van der Waals surface area contributed by atoms with Crippen LogP contribution in [0.1, 0.15) is 11.1 Å². The molecule has 0 saturated heterocycles. The average molecular weight is 511 g/mol. The first-order valence-corrected chi connectivity index (χ1v) is 12.0. The minimum absolute atomic E-state index is 0.212. The molecule has 0 spiro atoms. The molecule has 0 aliphatic rings. The van der Waals surface area contributed by atoms with Crippen molar-refractivity contribution >= 4 is 23.4 Å². The maximum Gasteiger partial charge on any atom is 0.261 e. The standard InChI is InChI=1S/C28H31ClN2O5/c1-34-17-16-30-28(33)25(18-21-8-4-3-5-9-21)31(19-22-12-14-23(35-2)15-13-22)27(32)20-36-26-11-7-6-10-24(26)29/h3-15,25H,16-20H2,1-2H3,(H,30,33)/t25-/m0/s1. The predicted molar refractivity (Wildman–Crippen MR) is 139 cm³/mol. The summed E-state index contributed by atoms with van der Waals surface area (Å²) in [7, 11) is 3.16. The minimum atomic E-state index is -0.770. The van der Waals surface area contributed by atoms with Crippen molar-refractivity contribution in [3.8, 4) is 11.5 Å². The van der Waals surface area contributed by atoms with Crippen LogP contribution < -0.4 is 14.8 Å². The molecule has 3 rings (SSSR count). The summed E-state index contributed by atoms with van der Waals surface area (Å²) in [6, 6.07) is 23.2. The average Bonchev–Trinajstić information content (AvgIpc) is 2.91. The van der Waals surface area contributed by atoms with Crippen molar-refractivity contribution in [2.75, 3.05) is 34.0 Å². The van der Waals surface area contributed by atoms with Gasteiger partial charge in [0.05, 0.1) is 18.7 Å². The molecule has 0 bridgehead atoms. The van der Waals surface area contributed by atoms with Crippen LogP contribution in [0.25, 0.3) is 0 Å². The number of amides is 2. The SMILES string of the molecule is COCCNC(=O)[C@H](Cc1ccccc1)N(Cc1ccc(OC)cc1)C(=O)COc1ccccc1Cl. The van der Waals surface area contributed by atoms with Crippen LogP contribution in [0.5, 0.6) is 11.5 Å². The third-order valence-electron chi connectivity index (χ3n) is 5.58. The number of carbonyl (C=O) groups is 2. The summed E-state index contributed by atoms with van der Waals surface area (Å²) in [5, 5.41) is 3.29. The number of hydrogen-bond acceptors (Lipinski definition) is 5. The number of nitrogens with one attached hydrogen (secondary N) is 1. The fourth-order valence-electron chi connectivity index (χ4n) is 3.66. The molecular formula is C28H31ClN2O5. The van der Waals surface area contributed by atoms with E-state index in [0.29, 0.717) is 36.1 Å². The zero-order chi connectivity index (χ0) is 25.8. The molecule has 7 nitrogen and oxygen atoms in total. The molecule has 0 saturated carbocycles. The van der Waals surface area contributed by atoms with E-state index >= 15 is 0 Å². The Morgan fingerprint density at radius 2 is 1.61 bits per heavy atom. The van der Waals surface area contributed by atoms with E-state index in [9.17, 15) is 9.59 Å². The Morgan fingerprint density at radius 1 is 0.917 bits per heavy atom. The highest BCUT2D eigenvalue weighted by molar-refractivity contribution is 6.32. The van der Waals surface area contributed by atoms with Crippen LogP contribution in [0.2, 0.25) is 5.02 Å². The lowest BCUT2D eigenvalue weighted by Gasteiger charge is -2.31. The van der Waals surface area contributed by atoms with Crippen LogP contribution in [0.4, 0.5) is 0 Å². The number of rotatable bonds is 13. The molecule has 2 amide bonds. The van der Waals surface area contributed by atoms with E-state index in [0.717, 1.165) is 11.1 Å². The molecule has 0 aliphatic carbocycles. The van der Waals surface area contributed by atoms with Crippen LogP contribution in [0, 0.1) is 0 Å². The van der Waals surface area contributed by atoms with Gasteiger partial charge < -0.3 is 24.4 Å². The van der Waals surface area contributed by atoms with Gasteiger partial charge in [-0.2, -0.15) is 0 Å². The van der Waals surface area contributed by atoms with Crippen molar-refractivity contribution in [3.63, 3.8) is 0 Å². The molecule has 0 radical (unpaired) electrons. The van der Waals surface area contributed by atoms with Gasteiger partial charge in [-0.1, -0.05) is 66.2 Å². The predicted octanol–water partition coefficient (Wildman–Crippen LogP) is 4.13. The molecule has 190 valence electrons. The van der Waals surface area contributed by atoms with Crippen molar-refractivity contribution in [2.45, 2.75) is 19.0 Å². The summed E-state index contributed by atoms with van der Waals surface area (Å²) in [4.78, 5) is 28.4. The number of methoxy groups -OCH3 is 2. The second kappa shape index (κ2) is 14.1. The molecule has 0 aromatic heterocycles. The molecular weight excluding hydrogens is 480 g/mol. The number of carbonyl (C=O) groups excluding carboxylic acids is 2. The fraction of sp³-hybridized carbons (Fsp3) is 0.286. The second-order valence-electron chi connectivity index (χ2n) is 8.08. The maximum atomic E-state index is 13.5. The van der Waals surface area contributed by atoms with Gasteiger partial charge in [0, 0.05) is 26.6 Å². The van der Waals surface area contributed by atoms with E-state index in [1.54, 1.807) is 43.4 Å². The number of para-hydroxylation sites is 1. The molecule has 0 aliphatic heterocycles. The topological polar surface area (TPSA) is 77.1 Å². The molecule has 0 unspecified atom stereocenters. The lowest BCUT2D eigenvalue weighted by molar-refractivity contribution is -0.142. The molecule has 0 fully saturated rings. The first-order chi connectivity index (χ1) is 17.5. The molecule has 36 heavy (non-hydrogen) atoms. The van der Waals surface area contributed by atoms with Crippen molar-refractivity contribution in [1.82, 2.24) is 10.2 Å². The van der Waals surface area contributed by atoms with Crippen LogP contribution in [-0.4, -0.2) is 56.7 Å². The first kappa shape index (κ1) is 27.0. The summed E-state index contributed by atoms with van der Waals surface area (Å²) in [6.07, 6.45) is 0.341. The van der Waals surface area contributed by atoms with Crippen LogP contribution >= 0.6 is 11.6 Å². The quantitative estimate of drug-likeness (QED) is 0.350. The van der Waals surface area contributed by atoms with Crippen molar-refractivity contribution in [1.29, 1.82) is 0 Å². The largest absolute Gasteiger partial charge is 0.497 e. The lowest BCUT2D eigenvalue weighted by Crippen LogP contribution is -2.52. The minimum Gasteiger partial charge on any atom is -0.497 e. The van der Waals surface area contributed by atoms with E-state index in [1.165, 1.54) is 0 Å². The van der Waals surface area contributed by atoms with Gasteiger partial charge in [-0.25, -0.2) is 0 Å². The van der Waals surface area contributed by atoms with Gasteiger partial charge in [0.15, 0.2) is 6.61 Å². The highest BCUT2D eigenvalue weighted by Crippen LogP contribution is 2.24. The van der Waals surface area contributed by atoms with Gasteiger partial charge in [0.25, 0.3) is 5.91 Å². The van der Waals surface area contributed by atoms with Crippen LogP contribution in [-0.2, 0) is 27.3 Å². The van der Waals surface area contributed by atoms with E-state index in [4.69, 9.17) is 25.8 Å². The summed E-state index contributed by atoms with van der Waals surface area (Å²) in [6.45, 7) is 0.646. The Kier molecular flexibility index (Phi) is 10.6. The van der Waals surface area contributed by atoms with Crippen LogP contribution in [0.3, 0.4) is 0 Å². The van der Waals surface area contributed by atoms with Gasteiger partial charge in [-0.05, 0) is 35.4 Å².